The van der Waals surface area contributed by atoms with Gasteiger partial charge in [-0.1, -0.05) is 35.5 Å². The second-order valence-electron chi connectivity index (χ2n) is 6.32. The van der Waals surface area contributed by atoms with Gasteiger partial charge in [0.15, 0.2) is 12.3 Å². The monoisotopic (exact) mass is 398 g/mol. The first kappa shape index (κ1) is 17.7. The van der Waals surface area contributed by atoms with Crippen molar-refractivity contribution in [2.45, 2.75) is 6.61 Å². The van der Waals surface area contributed by atoms with Crippen LogP contribution in [0.4, 0.5) is 0 Å². The van der Waals surface area contributed by atoms with Crippen molar-refractivity contribution >= 4 is 11.6 Å². The number of benzene rings is 1. The van der Waals surface area contributed by atoms with Crippen LogP contribution in [0.5, 0.6) is 0 Å². The fourth-order valence-corrected chi connectivity index (χ4v) is 2.99. The number of carbonyl (C=O) groups excluding carboxylic acids is 1. The van der Waals surface area contributed by atoms with Gasteiger partial charge in [0.1, 0.15) is 5.56 Å². The molecule has 1 aromatic carbocycles. The standard InChI is InChI=1S/C21H14N6O3/c28-21(29-13-18-25-19(26-30-18)15-7-4-9-22-11-15)16-12-24-27-17(8-10-23-20(16)27)14-5-2-1-3-6-14/h1-12H,13H2. The number of hydrogen-bond donors (Lipinski definition) is 0. The molecule has 4 aromatic heterocycles. The van der Waals surface area contributed by atoms with Gasteiger partial charge in [0.2, 0.25) is 5.82 Å². The highest BCUT2D eigenvalue weighted by Crippen LogP contribution is 2.21. The van der Waals surface area contributed by atoms with E-state index in [1.54, 1.807) is 29.2 Å². The largest absolute Gasteiger partial charge is 0.452 e. The first-order chi connectivity index (χ1) is 14.8. The molecule has 9 heteroatoms. The summed E-state index contributed by atoms with van der Waals surface area (Å²) in [6.07, 6.45) is 6.34. The van der Waals surface area contributed by atoms with Gasteiger partial charge in [-0.05, 0) is 18.2 Å². The third-order valence-electron chi connectivity index (χ3n) is 4.41. The summed E-state index contributed by atoms with van der Waals surface area (Å²) in [7, 11) is 0. The molecule has 0 aliphatic carbocycles. The molecule has 9 nitrogen and oxygen atoms in total. The van der Waals surface area contributed by atoms with Crippen molar-refractivity contribution in [3.8, 4) is 22.6 Å². The van der Waals surface area contributed by atoms with Crippen LogP contribution >= 0.6 is 0 Å². The lowest BCUT2D eigenvalue weighted by atomic mass is 10.1. The van der Waals surface area contributed by atoms with Crippen molar-refractivity contribution in [3.63, 3.8) is 0 Å². The molecule has 0 N–H and O–H groups in total. The van der Waals surface area contributed by atoms with E-state index in [4.69, 9.17) is 9.26 Å². The van der Waals surface area contributed by atoms with E-state index in [0.717, 1.165) is 11.3 Å². The third kappa shape index (κ3) is 3.28. The summed E-state index contributed by atoms with van der Waals surface area (Å²) < 4.78 is 12.1. The van der Waals surface area contributed by atoms with Crippen molar-refractivity contribution in [1.29, 1.82) is 0 Å². The maximum atomic E-state index is 12.6. The minimum absolute atomic E-state index is 0.165. The molecule has 5 aromatic rings. The van der Waals surface area contributed by atoms with Gasteiger partial charge in [-0.3, -0.25) is 4.98 Å². The summed E-state index contributed by atoms with van der Waals surface area (Å²) in [5.41, 5.74) is 3.14. The minimum Gasteiger partial charge on any atom is -0.452 e. The Kier molecular flexibility index (Phi) is 4.45. The Bertz CT molecular complexity index is 1310. The molecule has 0 amide bonds. The van der Waals surface area contributed by atoms with E-state index >= 15 is 0 Å². The summed E-state index contributed by atoms with van der Waals surface area (Å²) in [6, 6.07) is 15.1. The number of esters is 1. The second-order valence-corrected chi connectivity index (χ2v) is 6.32. The molecular weight excluding hydrogens is 384 g/mol. The van der Waals surface area contributed by atoms with Crippen molar-refractivity contribution in [2.75, 3.05) is 0 Å². The molecule has 4 heterocycles. The Morgan fingerprint density at radius 2 is 1.87 bits per heavy atom. The lowest BCUT2D eigenvalue weighted by molar-refractivity contribution is 0.0432. The average Bonchev–Trinajstić information content (AvgIpc) is 3.46. The van der Waals surface area contributed by atoms with Crippen molar-refractivity contribution in [1.82, 2.24) is 29.7 Å². The van der Waals surface area contributed by atoms with Gasteiger partial charge in [0, 0.05) is 29.7 Å². The molecule has 0 aliphatic heterocycles. The lowest BCUT2D eigenvalue weighted by Gasteiger charge is -2.04. The predicted octanol–water partition coefficient (Wildman–Crippen LogP) is 3.20. The van der Waals surface area contributed by atoms with Gasteiger partial charge in [0.05, 0.1) is 11.9 Å². The molecule has 5 rings (SSSR count). The van der Waals surface area contributed by atoms with E-state index < -0.39 is 5.97 Å². The third-order valence-corrected chi connectivity index (χ3v) is 4.41. The number of fused-ring (bicyclic) bond motifs is 1. The van der Waals surface area contributed by atoms with E-state index in [1.165, 1.54) is 6.20 Å². The first-order valence-electron chi connectivity index (χ1n) is 9.08. The Balaban J connectivity index is 1.35. The van der Waals surface area contributed by atoms with Crippen molar-refractivity contribution in [2.24, 2.45) is 0 Å². The van der Waals surface area contributed by atoms with Crippen molar-refractivity contribution < 1.29 is 14.1 Å². The highest BCUT2D eigenvalue weighted by molar-refractivity contribution is 5.95. The molecule has 0 saturated heterocycles. The van der Waals surface area contributed by atoms with Crippen LogP contribution in [0.1, 0.15) is 16.2 Å². The molecule has 0 atom stereocenters. The number of ether oxygens (including phenoxy) is 1. The van der Waals surface area contributed by atoms with Crippen LogP contribution in [0.3, 0.4) is 0 Å². The number of pyridine rings is 1. The van der Waals surface area contributed by atoms with E-state index in [9.17, 15) is 4.79 Å². The molecule has 0 bridgehead atoms. The number of aromatic nitrogens is 6. The van der Waals surface area contributed by atoms with Crippen LogP contribution in [-0.4, -0.2) is 35.7 Å². The highest BCUT2D eigenvalue weighted by atomic mass is 16.6. The van der Waals surface area contributed by atoms with Crippen LogP contribution in [-0.2, 0) is 11.3 Å². The Morgan fingerprint density at radius 3 is 2.70 bits per heavy atom. The zero-order valence-corrected chi connectivity index (χ0v) is 15.5. The fraction of sp³-hybridized carbons (Fsp3) is 0.0476. The highest BCUT2D eigenvalue weighted by Gasteiger charge is 2.19. The smallest absolute Gasteiger partial charge is 0.344 e. The van der Waals surface area contributed by atoms with E-state index in [1.807, 2.05) is 42.5 Å². The zero-order chi connectivity index (χ0) is 20.3. The van der Waals surface area contributed by atoms with Gasteiger partial charge in [-0.15, -0.1) is 0 Å². The van der Waals surface area contributed by atoms with Crippen LogP contribution in [0.2, 0.25) is 0 Å². The number of nitrogens with zero attached hydrogens (tertiary/aromatic N) is 6. The summed E-state index contributed by atoms with van der Waals surface area (Å²) in [6.45, 7) is -0.165. The van der Waals surface area contributed by atoms with Gasteiger partial charge >= 0.3 is 5.97 Å². The summed E-state index contributed by atoms with van der Waals surface area (Å²) in [4.78, 5) is 25.1. The number of carbonyl (C=O) groups is 1. The molecule has 0 saturated carbocycles. The summed E-state index contributed by atoms with van der Waals surface area (Å²) in [5, 5.41) is 8.19. The molecule has 30 heavy (non-hydrogen) atoms. The Hall–Kier alpha value is -4.40. The molecule has 0 unspecified atom stereocenters. The van der Waals surface area contributed by atoms with Gasteiger partial charge in [-0.25, -0.2) is 14.3 Å². The average molecular weight is 398 g/mol. The second kappa shape index (κ2) is 7.55. The van der Waals surface area contributed by atoms with Crippen LogP contribution in [0, 0.1) is 0 Å². The minimum atomic E-state index is -0.580. The van der Waals surface area contributed by atoms with E-state index in [-0.39, 0.29) is 18.1 Å². The first-order valence-corrected chi connectivity index (χ1v) is 9.08. The SMILES string of the molecule is O=C(OCc1nc(-c2cccnc2)no1)c1cnn2c(-c3ccccc3)ccnc12. The Labute approximate surface area is 170 Å². The maximum absolute atomic E-state index is 12.6. The molecule has 146 valence electrons. The zero-order valence-electron chi connectivity index (χ0n) is 15.5. The van der Waals surface area contributed by atoms with Gasteiger partial charge < -0.3 is 9.26 Å². The lowest BCUT2D eigenvalue weighted by Crippen LogP contribution is -2.06. The summed E-state index contributed by atoms with van der Waals surface area (Å²) in [5.74, 6) is -0.0280. The maximum Gasteiger partial charge on any atom is 0.344 e. The van der Waals surface area contributed by atoms with Crippen LogP contribution < -0.4 is 0 Å². The van der Waals surface area contributed by atoms with Crippen LogP contribution in [0.15, 0.2) is 77.8 Å². The van der Waals surface area contributed by atoms with E-state index in [2.05, 4.69) is 25.2 Å². The normalized spacial score (nSPS) is 10.9. The quantitative estimate of drug-likeness (QED) is 0.415. The molecular formula is C21H14N6O3. The Morgan fingerprint density at radius 1 is 1.00 bits per heavy atom. The predicted molar refractivity (Wildman–Crippen MR) is 105 cm³/mol. The van der Waals surface area contributed by atoms with Gasteiger partial charge in [0.25, 0.3) is 5.89 Å². The fourth-order valence-electron chi connectivity index (χ4n) is 2.99. The van der Waals surface area contributed by atoms with Crippen molar-refractivity contribution in [3.05, 3.63) is 84.8 Å². The molecule has 0 spiro atoms. The molecule has 0 fully saturated rings. The van der Waals surface area contributed by atoms with Gasteiger partial charge in [-0.2, -0.15) is 10.1 Å². The van der Waals surface area contributed by atoms with E-state index in [0.29, 0.717) is 17.0 Å². The molecule has 0 aliphatic rings. The number of rotatable bonds is 5. The summed E-state index contributed by atoms with van der Waals surface area (Å²) >= 11 is 0. The topological polar surface area (TPSA) is 108 Å². The molecule has 0 radical (unpaired) electrons. The number of hydrogen-bond acceptors (Lipinski definition) is 8. The van der Waals surface area contributed by atoms with Crippen LogP contribution in [0.25, 0.3) is 28.3 Å².